The lowest BCUT2D eigenvalue weighted by atomic mass is 10.0. The Bertz CT molecular complexity index is 588. The van der Waals surface area contributed by atoms with Gasteiger partial charge in [0.15, 0.2) is 17.5 Å². The number of halogens is 1. The molecule has 0 amide bonds. The fraction of sp³-hybridized carbons (Fsp3) is 0.632. The second-order valence-corrected chi connectivity index (χ2v) is 6.67. The van der Waals surface area contributed by atoms with Crippen molar-refractivity contribution in [3.8, 4) is 5.75 Å². The Morgan fingerprint density at radius 2 is 2.16 bits per heavy atom. The molecular formula is C19H30FN3O2. The van der Waals surface area contributed by atoms with E-state index in [1.54, 1.807) is 13.1 Å². The lowest BCUT2D eigenvalue weighted by Crippen LogP contribution is -2.41. The summed E-state index contributed by atoms with van der Waals surface area (Å²) in [5.41, 5.74) is 1.22. The van der Waals surface area contributed by atoms with Crippen molar-refractivity contribution in [1.29, 1.82) is 0 Å². The van der Waals surface area contributed by atoms with Crippen LogP contribution in [0.25, 0.3) is 0 Å². The molecule has 5 nitrogen and oxygen atoms in total. The van der Waals surface area contributed by atoms with Gasteiger partial charge in [0.1, 0.15) is 0 Å². The molecule has 0 spiro atoms. The van der Waals surface area contributed by atoms with Crippen molar-refractivity contribution in [3.05, 3.63) is 29.6 Å². The van der Waals surface area contributed by atoms with Gasteiger partial charge in [0.2, 0.25) is 0 Å². The molecule has 1 saturated carbocycles. The van der Waals surface area contributed by atoms with E-state index in [1.807, 2.05) is 24.9 Å². The van der Waals surface area contributed by atoms with Crippen molar-refractivity contribution in [3.63, 3.8) is 0 Å². The van der Waals surface area contributed by atoms with Crippen molar-refractivity contribution in [1.82, 2.24) is 10.2 Å². The van der Waals surface area contributed by atoms with E-state index in [4.69, 9.17) is 9.47 Å². The van der Waals surface area contributed by atoms with Gasteiger partial charge in [-0.1, -0.05) is 6.07 Å². The summed E-state index contributed by atoms with van der Waals surface area (Å²) < 4.78 is 24.3. The van der Waals surface area contributed by atoms with Crippen LogP contribution in [0, 0.1) is 11.2 Å². The fourth-order valence-corrected chi connectivity index (χ4v) is 2.93. The lowest BCUT2D eigenvalue weighted by molar-refractivity contribution is 0.128. The van der Waals surface area contributed by atoms with Crippen molar-refractivity contribution < 1.29 is 13.9 Å². The number of rotatable bonds is 9. The number of methoxy groups -OCH3 is 1. The molecule has 0 bridgehead atoms. The number of nitrogens with zero attached hydrogens (tertiary/aromatic N) is 2. The van der Waals surface area contributed by atoms with Crippen LogP contribution < -0.4 is 10.1 Å². The van der Waals surface area contributed by atoms with Crippen molar-refractivity contribution in [2.24, 2.45) is 10.4 Å². The van der Waals surface area contributed by atoms with Gasteiger partial charge in [-0.2, -0.15) is 0 Å². The van der Waals surface area contributed by atoms with Crippen LogP contribution in [-0.4, -0.2) is 51.8 Å². The van der Waals surface area contributed by atoms with Crippen LogP contribution in [0.5, 0.6) is 5.75 Å². The maximum atomic E-state index is 13.8. The molecule has 1 aromatic rings. The van der Waals surface area contributed by atoms with E-state index in [0.29, 0.717) is 12.0 Å². The Morgan fingerprint density at radius 1 is 1.40 bits per heavy atom. The standard InChI is InChI=1S/C19H30FN3O2/c1-5-25-11-10-19(8-9-19)14-22-18(21-2)23(3)13-15-6-7-17(24-4)16(20)12-15/h6-7,12H,5,8-11,13-14H2,1-4H3,(H,21,22). The van der Waals surface area contributed by atoms with E-state index in [-0.39, 0.29) is 11.6 Å². The van der Waals surface area contributed by atoms with Gasteiger partial charge >= 0.3 is 0 Å². The predicted octanol–water partition coefficient (Wildman–Crippen LogP) is 3.05. The Balaban J connectivity index is 1.86. The first-order valence-corrected chi connectivity index (χ1v) is 8.85. The second kappa shape index (κ2) is 9.04. The predicted molar refractivity (Wildman–Crippen MR) is 98.6 cm³/mol. The van der Waals surface area contributed by atoms with Gasteiger partial charge in [-0.15, -0.1) is 0 Å². The minimum absolute atomic E-state index is 0.263. The molecule has 25 heavy (non-hydrogen) atoms. The molecule has 6 heteroatoms. The molecule has 2 rings (SSSR count). The van der Waals surface area contributed by atoms with Gasteiger partial charge in [-0.25, -0.2) is 4.39 Å². The van der Waals surface area contributed by atoms with E-state index < -0.39 is 0 Å². The van der Waals surface area contributed by atoms with Crippen LogP contribution in [0.1, 0.15) is 31.7 Å². The second-order valence-electron chi connectivity index (χ2n) is 6.67. The molecule has 140 valence electrons. The molecule has 0 saturated heterocycles. The topological polar surface area (TPSA) is 46.1 Å². The van der Waals surface area contributed by atoms with E-state index in [9.17, 15) is 4.39 Å². The highest BCUT2D eigenvalue weighted by Crippen LogP contribution is 2.48. The number of ether oxygens (including phenoxy) is 2. The van der Waals surface area contributed by atoms with Gasteiger partial charge in [-0.3, -0.25) is 4.99 Å². The molecule has 1 fully saturated rings. The van der Waals surface area contributed by atoms with Crippen molar-refractivity contribution >= 4 is 5.96 Å². The molecule has 1 N–H and O–H groups in total. The fourth-order valence-electron chi connectivity index (χ4n) is 2.93. The molecule has 0 heterocycles. The zero-order chi connectivity index (χ0) is 18.3. The van der Waals surface area contributed by atoms with E-state index in [0.717, 1.165) is 37.7 Å². The summed E-state index contributed by atoms with van der Waals surface area (Å²) in [6.07, 6.45) is 3.55. The normalized spacial score (nSPS) is 15.8. The van der Waals surface area contributed by atoms with Gasteiger partial charge in [0.05, 0.1) is 7.11 Å². The van der Waals surface area contributed by atoms with E-state index in [2.05, 4.69) is 10.3 Å². The number of aliphatic imine (C=N–C) groups is 1. The number of hydrogen-bond donors (Lipinski definition) is 1. The van der Waals surface area contributed by atoms with Crippen LogP contribution in [0.3, 0.4) is 0 Å². The zero-order valence-electron chi connectivity index (χ0n) is 15.8. The Labute approximate surface area is 150 Å². The highest BCUT2D eigenvalue weighted by molar-refractivity contribution is 5.79. The van der Waals surface area contributed by atoms with Gasteiger partial charge < -0.3 is 19.7 Å². The largest absolute Gasteiger partial charge is 0.494 e. The molecule has 0 atom stereocenters. The third-order valence-electron chi connectivity index (χ3n) is 4.77. The average molecular weight is 351 g/mol. The highest BCUT2D eigenvalue weighted by Gasteiger charge is 2.42. The Hall–Kier alpha value is -1.82. The molecule has 0 aliphatic heterocycles. The van der Waals surface area contributed by atoms with Gasteiger partial charge in [0, 0.05) is 40.4 Å². The maximum absolute atomic E-state index is 13.8. The van der Waals surface area contributed by atoms with Crippen LogP contribution in [0.4, 0.5) is 4.39 Å². The molecular weight excluding hydrogens is 321 g/mol. The van der Waals surface area contributed by atoms with Crippen molar-refractivity contribution in [2.45, 2.75) is 32.7 Å². The SMILES string of the molecule is CCOCCC1(CNC(=NC)N(C)Cc2ccc(OC)c(F)c2)CC1. The molecule has 1 aliphatic carbocycles. The first-order valence-electron chi connectivity index (χ1n) is 8.85. The van der Waals surface area contributed by atoms with Crippen LogP contribution in [-0.2, 0) is 11.3 Å². The van der Waals surface area contributed by atoms with Crippen LogP contribution in [0.2, 0.25) is 0 Å². The Kier molecular flexibility index (Phi) is 7.05. The van der Waals surface area contributed by atoms with E-state index in [1.165, 1.54) is 26.0 Å². The van der Waals surface area contributed by atoms with Gasteiger partial charge in [-0.05, 0) is 49.3 Å². The first kappa shape index (κ1) is 19.5. The number of benzene rings is 1. The minimum Gasteiger partial charge on any atom is -0.494 e. The van der Waals surface area contributed by atoms with Crippen molar-refractivity contribution in [2.75, 3.05) is 41.0 Å². The maximum Gasteiger partial charge on any atom is 0.193 e. The number of nitrogens with one attached hydrogen (secondary N) is 1. The average Bonchev–Trinajstić information content (AvgIpc) is 3.36. The molecule has 0 radical (unpaired) electrons. The molecule has 0 unspecified atom stereocenters. The lowest BCUT2D eigenvalue weighted by Gasteiger charge is -2.25. The summed E-state index contributed by atoms with van der Waals surface area (Å²) in [5, 5.41) is 3.46. The molecule has 1 aliphatic rings. The van der Waals surface area contributed by atoms with Gasteiger partial charge in [0.25, 0.3) is 0 Å². The summed E-state index contributed by atoms with van der Waals surface area (Å²) in [6, 6.07) is 5.03. The summed E-state index contributed by atoms with van der Waals surface area (Å²) in [6.45, 7) is 5.08. The van der Waals surface area contributed by atoms with E-state index >= 15 is 0 Å². The first-order chi connectivity index (χ1) is 12.0. The minimum atomic E-state index is -0.343. The quantitative estimate of drug-likeness (QED) is 0.422. The third kappa shape index (κ3) is 5.59. The number of hydrogen-bond acceptors (Lipinski definition) is 3. The molecule has 0 aromatic heterocycles. The third-order valence-corrected chi connectivity index (χ3v) is 4.77. The highest BCUT2D eigenvalue weighted by atomic mass is 19.1. The molecule has 1 aromatic carbocycles. The summed E-state index contributed by atoms with van der Waals surface area (Å²) >= 11 is 0. The zero-order valence-corrected chi connectivity index (χ0v) is 15.8. The van der Waals surface area contributed by atoms with Crippen LogP contribution >= 0.6 is 0 Å². The number of guanidine groups is 1. The summed E-state index contributed by atoms with van der Waals surface area (Å²) in [4.78, 5) is 6.35. The smallest absolute Gasteiger partial charge is 0.193 e. The summed E-state index contributed by atoms with van der Waals surface area (Å²) in [7, 11) is 5.19. The Morgan fingerprint density at radius 3 is 2.72 bits per heavy atom. The monoisotopic (exact) mass is 351 g/mol. The van der Waals surface area contributed by atoms with Crippen LogP contribution in [0.15, 0.2) is 23.2 Å². The summed E-state index contributed by atoms with van der Waals surface area (Å²) in [5.74, 6) is 0.738.